The highest BCUT2D eigenvalue weighted by Crippen LogP contribution is 2.64. The van der Waals surface area contributed by atoms with E-state index in [-0.39, 0.29) is 0 Å². The lowest BCUT2D eigenvalue weighted by Gasteiger charge is -2.57. The predicted octanol–water partition coefficient (Wildman–Crippen LogP) is 4.95. The summed E-state index contributed by atoms with van der Waals surface area (Å²) >= 11 is 0. The maximum atomic E-state index is 6.90. The molecule has 1 saturated heterocycles. The first-order valence-corrected chi connectivity index (χ1v) is 10.3. The molecule has 25 heavy (non-hydrogen) atoms. The van der Waals surface area contributed by atoms with Crippen LogP contribution in [0, 0.1) is 23.7 Å². The maximum Gasteiger partial charge on any atom is 0.210 e. The zero-order valence-electron chi connectivity index (χ0n) is 15.1. The largest absolute Gasteiger partial charge is 0.311 e. The lowest BCUT2D eigenvalue weighted by Crippen LogP contribution is -2.59. The summed E-state index contributed by atoms with van der Waals surface area (Å²) in [5, 5.41) is 0. The number of hydrogen-bond acceptors (Lipinski definition) is 3. The molecule has 0 radical (unpaired) electrons. The van der Waals surface area contributed by atoms with Crippen LogP contribution >= 0.6 is 0 Å². The zero-order chi connectivity index (χ0) is 16.6. The van der Waals surface area contributed by atoms with Crippen LogP contribution in [0.15, 0.2) is 24.3 Å². The molecule has 7 rings (SSSR count). The van der Waals surface area contributed by atoms with E-state index in [1.165, 1.54) is 43.2 Å². The Labute approximate surface area is 150 Å². The van der Waals surface area contributed by atoms with E-state index < -0.39 is 11.6 Å². The van der Waals surface area contributed by atoms with E-state index in [1.807, 2.05) is 0 Å². The molecule has 1 heterocycles. The number of fused-ring (bicyclic) bond motifs is 1. The van der Waals surface area contributed by atoms with Gasteiger partial charge in [0.2, 0.25) is 11.6 Å². The SMILES string of the molecule is CCC1CC2(Cc3ccccc31)OOC1(O2)C2CC3CC(C2)CC1C3. The molecule has 4 bridgehead atoms. The average molecular weight is 340 g/mol. The molecule has 5 aliphatic carbocycles. The molecule has 1 aromatic rings. The third kappa shape index (κ3) is 2.03. The van der Waals surface area contributed by atoms with E-state index >= 15 is 0 Å². The van der Waals surface area contributed by atoms with Gasteiger partial charge in [-0.1, -0.05) is 31.2 Å². The highest BCUT2D eigenvalue weighted by atomic mass is 17.3. The van der Waals surface area contributed by atoms with Gasteiger partial charge in [-0.25, -0.2) is 0 Å². The fourth-order valence-electron chi connectivity index (χ4n) is 7.06. The van der Waals surface area contributed by atoms with Gasteiger partial charge in [0.25, 0.3) is 0 Å². The quantitative estimate of drug-likeness (QED) is 0.677. The molecule has 4 saturated carbocycles. The molecule has 6 aliphatic rings. The minimum Gasteiger partial charge on any atom is -0.311 e. The van der Waals surface area contributed by atoms with Gasteiger partial charge in [-0.2, -0.15) is 9.78 Å². The van der Waals surface area contributed by atoms with Crippen LogP contribution in [0.3, 0.4) is 0 Å². The van der Waals surface area contributed by atoms with Gasteiger partial charge >= 0.3 is 0 Å². The molecule has 3 nitrogen and oxygen atoms in total. The van der Waals surface area contributed by atoms with E-state index in [2.05, 4.69) is 31.2 Å². The Hall–Kier alpha value is -0.900. The Morgan fingerprint density at radius 2 is 1.68 bits per heavy atom. The zero-order valence-corrected chi connectivity index (χ0v) is 15.1. The summed E-state index contributed by atoms with van der Waals surface area (Å²) in [6, 6.07) is 8.82. The maximum absolute atomic E-state index is 6.90. The Kier molecular flexibility index (Phi) is 3.09. The van der Waals surface area contributed by atoms with Crippen molar-refractivity contribution in [3.63, 3.8) is 0 Å². The fraction of sp³-hybridized carbons (Fsp3) is 0.727. The third-order valence-corrected chi connectivity index (χ3v) is 7.95. The second kappa shape index (κ2) is 5.09. The van der Waals surface area contributed by atoms with Gasteiger partial charge in [0.1, 0.15) is 0 Å². The standard InChI is InChI=1S/C22H28O3/c1-2-16-12-21(13-17-5-3-4-6-20(16)17)23-22(25-24-21)18-8-14-7-15(10-18)11-19(22)9-14/h3-6,14-16,18-19H,2,7-13H2,1H3. The van der Waals surface area contributed by atoms with Crippen molar-refractivity contribution in [3.8, 4) is 0 Å². The van der Waals surface area contributed by atoms with Crippen molar-refractivity contribution >= 4 is 0 Å². The lowest BCUT2D eigenvalue weighted by atomic mass is 9.53. The monoisotopic (exact) mass is 340 g/mol. The molecule has 5 fully saturated rings. The van der Waals surface area contributed by atoms with Gasteiger partial charge < -0.3 is 4.74 Å². The first-order chi connectivity index (χ1) is 12.2. The van der Waals surface area contributed by atoms with Crippen molar-refractivity contribution in [2.75, 3.05) is 0 Å². The molecular formula is C22H28O3. The molecular weight excluding hydrogens is 312 g/mol. The first-order valence-electron chi connectivity index (χ1n) is 10.3. The molecule has 2 unspecified atom stereocenters. The lowest BCUT2D eigenvalue weighted by molar-refractivity contribution is -0.389. The van der Waals surface area contributed by atoms with Crippen LogP contribution < -0.4 is 0 Å². The van der Waals surface area contributed by atoms with E-state index in [4.69, 9.17) is 14.5 Å². The number of rotatable bonds is 1. The minimum absolute atomic E-state index is 0.446. The van der Waals surface area contributed by atoms with Crippen LogP contribution in [-0.2, 0) is 20.9 Å². The van der Waals surface area contributed by atoms with E-state index in [1.54, 1.807) is 0 Å². The summed E-state index contributed by atoms with van der Waals surface area (Å²) in [6.45, 7) is 2.27. The van der Waals surface area contributed by atoms with E-state index in [0.29, 0.717) is 17.8 Å². The minimum atomic E-state index is -0.565. The number of hydrogen-bond donors (Lipinski definition) is 0. The summed E-state index contributed by atoms with van der Waals surface area (Å²) in [7, 11) is 0. The van der Waals surface area contributed by atoms with Gasteiger partial charge in [0, 0.05) is 24.7 Å². The second-order valence-corrected chi connectivity index (χ2v) is 9.39. The van der Waals surface area contributed by atoms with Crippen molar-refractivity contribution in [1.82, 2.24) is 0 Å². The highest BCUT2D eigenvalue weighted by Gasteiger charge is 2.67. The Bertz CT molecular complexity index is 670. The molecule has 1 aliphatic heterocycles. The molecule has 3 heteroatoms. The van der Waals surface area contributed by atoms with Crippen molar-refractivity contribution in [2.45, 2.75) is 75.8 Å². The molecule has 134 valence electrons. The second-order valence-electron chi connectivity index (χ2n) is 9.39. The molecule has 2 spiro atoms. The van der Waals surface area contributed by atoms with Crippen LogP contribution in [0.1, 0.15) is 68.9 Å². The summed E-state index contributed by atoms with van der Waals surface area (Å²) in [6.07, 6.45) is 9.43. The van der Waals surface area contributed by atoms with Crippen LogP contribution in [0.25, 0.3) is 0 Å². The normalized spacial score (nSPS) is 49.9. The summed E-state index contributed by atoms with van der Waals surface area (Å²) in [5.41, 5.74) is 2.86. The molecule has 0 aromatic heterocycles. The van der Waals surface area contributed by atoms with Crippen LogP contribution in [0.5, 0.6) is 0 Å². The van der Waals surface area contributed by atoms with Crippen molar-refractivity contribution in [2.24, 2.45) is 23.7 Å². The van der Waals surface area contributed by atoms with Gasteiger partial charge in [0.05, 0.1) is 0 Å². The molecule has 0 N–H and O–H groups in total. The van der Waals surface area contributed by atoms with Gasteiger partial charge in [-0.3, -0.25) is 0 Å². The molecule has 0 amide bonds. The average Bonchev–Trinajstić information content (AvgIpc) is 2.98. The third-order valence-electron chi connectivity index (χ3n) is 7.95. The van der Waals surface area contributed by atoms with Crippen molar-refractivity contribution in [1.29, 1.82) is 0 Å². The molecule has 2 atom stereocenters. The fourth-order valence-corrected chi connectivity index (χ4v) is 7.06. The summed E-state index contributed by atoms with van der Waals surface area (Å²) < 4.78 is 6.90. The Morgan fingerprint density at radius 1 is 0.960 bits per heavy atom. The van der Waals surface area contributed by atoms with Gasteiger partial charge in [-0.15, -0.1) is 0 Å². The molecule has 1 aromatic carbocycles. The van der Waals surface area contributed by atoms with Gasteiger partial charge in [-0.05, 0) is 67.4 Å². The Balaban J connectivity index is 1.34. The summed E-state index contributed by atoms with van der Waals surface area (Å²) in [5.74, 6) is 2.39. The first kappa shape index (κ1) is 15.2. The predicted molar refractivity (Wildman–Crippen MR) is 93.6 cm³/mol. The Morgan fingerprint density at radius 3 is 2.40 bits per heavy atom. The highest BCUT2D eigenvalue weighted by molar-refractivity contribution is 5.34. The van der Waals surface area contributed by atoms with Crippen molar-refractivity contribution < 1.29 is 14.5 Å². The van der Waals surface area contributed by atoms with Crippen molar-refractivity contribution in [3.05, 3.63) is 35.4 Å². The summed E-state index contributed by atoms with van der Waals surface area (Å²) in [4.78, 5) is 12.3. The topological polar surface area (TPSA) is 27.7 Å². The number of ether oxygens (including phenoxy) is 1. The van der Waals surface area contributed by atoms with Crippen LogP contribution in [-0.4, -0.2) is 11.6 Å². The smallest absolute Gasteiger partial charge is 0.210 e. The van der Waals surface area contributed by atoms with Crippen LogP contribution in [0.4, 0.5) is 0 Å². The van der Waals surface area contributed by atoms with E-state index in [9.17, 15) is 0 Å². The van der Waals surface area contributed by atoms with E-state index in [0.717, 1.165) is 31.1 Å². The van der Waals surface area contributed by atoms with Gasteiger partial charge in [0.15, 0.2) is 0 Å². The van der Waals surface area contributed by atoms with Crippen LogP contribution in [0.2, 0.25) is 0 Å². The number of benzene rings is 1.